The zero-order chi connectivity index (χ0) is 20.8. The van der Waals surface area contributed by atoms with Gasteiger partial charge in [-0.1, -0.05) is 92.6 Å². The summed E-state index contributed by atoms with van der Waals surface area (Å²) >= 11 is 7.16. The Morgan fingerprint density at radius 1 is 0.533 bits per heavy atom. The van der Waals surface area contributed by atoms with Crippen LogP contribution < -0.4 is 0 Å². The largest absolute Gasteiger partial charge is 0.255 e. The maximum atomic E-state index is 4.52. The third kappa shape index (κ3) is 5.21. The molecule has 0 radical (unpaired) electrons. The Morgan fingerprint density at radius 3 is 1.40 bits per heavy atom. The highest BCUT2D eigenvalue weighted by atomic mass is 79.9. The highest BCUT2D eigenvalue weighted by Gasteiger charge is 2.03. The van der Waals surface area contributed by atoms with Crippen molar-refractivity contribution in [3.05, 3.63) is 116 Å². The summed E-state index contributed by atoms with van der Waals surface area (Å²) in [5.41, 5.74) is 6.11. The summed E-state index contributed by atoms with van der Waals surface area (Å²) in [6.07, 6.45) is 12.0. The van der Waals surface area contributed by atoms with Crippen LogP contribution in [0, 0.1) is 0 Å². The lowest BCUT2D eigenvalue weighted by atomic mass is 10.1. The van der Waals surface area contributed by atoms with Gasteiger partial charge in [-0.3, -0.25) is 9.97 Å². The second-order valence-electron chi connectivity index (χ2n) is 6.66. The lowest BCUT2D eigenvalue weighted by molar-refractivity contribution is 1.24. The van der Waals surface area contributed by atoms with Gasteiger partial charge >= 0.3 is 0 Å². The third-order valence-corrected chi connectivity index (χ3v) is 6.00. The zero-order valence-corrected chi connectivity index (χ0v) is 19.2. The lowest BCUT2D eigenvalue weighted by Gasteiger charge is -2.03. The Labute approximate surface area is 193 Å². The van der Waals surface area contributed by atoms with Crippen molar-refractivity contribution in [1.82, 2.24) is 9.97 Å². The predicted octanol–water partition coefficient (Wildman–Crippen LogP) is 8.01. The summed E-state index contributed by atoms with van der Waals surface area (Å²) in [6, 6.07) is 24.4. The fraction of sp³-hybridized carbons (Fsp3) is 0. The van der Waals surface area contributed by atoms with E-state index in [2.05, 4.69) is 90.4 Å². The molecular formula is C26H18Br2N2. The van der Waals surface area contributed by atoms with Gasteiger partial charge in [0, 0.05) is 21.3 Å². The van der Waals surface area contributed by atoms with E-state index in [1.807, 2.05) is 60.9 Å². The third-order valence-electron chi connectivity index (χ3n) is 4.55. The van der Waals surface area contributed by atoms with Crippen LogP contribution in [0.2, 0.25) is 0 Å². The van der Waals surface area contributed by atoms with Gasteiger partial charge < -0.3 is 0 Å². The molecule has 0 unspecified atom stereocenters. The topological polar surface area (TPSA) is 25.8 Å². The fourth-order valence-electron chi connectivity index (χ4n) is 2.97. The molecule has 0 bridgehead atoms. The Balaban J connectivity index is 1.58. The van der Waals surface area contributed by atoms with Crippen molar-refractivity contribution in [2.75, 3.05) is 0 Å². The molecule has 0 N–H and O–H groups in total. The first-order valence-electron chi connectivity index (χ1n) is 9.47. The molecule has 0 amide bonds. The average Bonchev–Trinajstić information content (AvgIpc) is 2.78. The van der Waals surface area contributed by atoms with E-state index in [1.54, 1.807) is 0 Å². The fourth-order valence-corrected chi connectivity index (χ4v) is 3.81. The zero-order valence-electron chi connectivity index (χ0n) is 16.0. The molecule has 0 aliphatic rings. The second-order valence-corrected chi connectivity index (χ2v) is 8.37. The molecule has 0 saturated heterocycles. The van der Waals surface area contributed by atoms with E-state index in [4.69, 9.17) is 0 Å². The quantitative estimate of drug-likeness (QED) is 0.268. The van der Waals surface area contributed by atoms with Gasteiger partial charge in [0.05, 0.1) is 11.4 Å². The van der Waals surface area contributed by atoms with Gasteiger partial charge in [0.15, 0.2) is 0 Å². The minimum Gasteiger partial charge on any atom is -0.255 e. The summed E-state index contributed by atoms with van der Waals surface area (Å²) in [5.74, 6) is 0. The maximum absolute atomic E-state index is 4.52. The molecule has 2 aromatic heterocycles. The van der Waals surface area contributed by atoms with Crippen LogP contribution in [-0.4, -0.2) is 9.97 Å². The van der Waals surface area contributed by atoms with Gasteiger partial charge in [-0.15, -0.1) is 0 Å². The van der Waals surface area contributed by atoms with Crippen molar-refractivity contribution >= 4 is 56.2 Å². The molecule has 4 aromatic rings. The number of aromatic nitrogens is 2. The monoisotopic (exact) mass is 516 g/mol. The average molecular weight is 518 g/mol. The summed E-state index contributed by atoms with van der Waals surface area (Å²) in [7, 11) is 0. The van der Waals surface area contributed by atoms with E-state index in [9.17, 15) is 0 Å². The van der Waals surface area contributed by atoms with Gasteiger partial charge in [-0.25, -0.2) is 0 Å². The van der Waals surface area contributed by atoms with E-state index >= 15 is 0 Å². The van der Waals surface area contributed by atoms with E-state index in [0.29, 0.717) is 0 Å². The predicted molar refractivity (Wildman–Crippen MR) is 134 cm³/mol. The Hall–Kier alpha value is -2.82. The van der Waals surface area contributed by atoms with Crippen LogP contribution in [-0.2, 0) is 0 Å². The van der Waals surface area contributed by atoms with E-state index in [1.165, 1.54) is 0 Å². The lowest BCUT2D eigenvalue weighted by Crippen LogP contribution is -1.89. The molecule has 0 fully saturated rings. The van der Waals surface area contributed by atoms with Gasteiger partial charge in [0.1, 0.15) is 0 Å². The smallest absolute Gasteiger partial charge is 0.0892 e. The van der Waals surface area contributed by atoms with Gasteiger partial charge in [-0.2, -0.15) is 0 Å². The standard InChI is InChI=1S/C26H18Br2N2/c27-23-7-3-1-5-21(23)11-9-19-13-15-29-25(17-19)26-18-20(14-16-30-26)10-12-22-6-2-4-8-24(22)28/h1-18H/b11-9+,12-10+. The Kier molecular flexibility index (Phi) is 6.67. The number of halogens is 2. The molecule has 2 heterocycles. The molecule has 2 nitrogen and oxygen atoms in total. The molecule has 0 saturated carbocycles. The van der Waals surface area contributed by atoms with Crippen molar-refractivity contribution in [3.8, 4) is 11.4 Å². The Bertz CT molecular complexity index is 1130. The molecule has 4 rings (SSSR count). The van der Waals surface area contributed by atoms with Crippen molar-refractivity contribution < 1.29 is 0 Å². The van der Waals surface area contributed by atoms with Crippen molar-refractivity contribution in [3.63, 3.8) is 0 Å². The summed E-state index contributed by atoms with van der Waals surface area (Å²) in [6.45, 7) is 0. The minimum absolute atomic E-state index is 0.848. The highest BCUT2D eigenvalue weighted by Crippen LogP contribution is 2.22. The van der Waals surface area contributed by atoms with Gasteiger partial charge in [0.2, 0.25) is 0 Å². The first-order valence-corrected chi connectivity index (χ1v) is 11.1. The highest BCUT2D eigenvalue weighted by molar-refractivity contribution is 9.10. The number of nitrogens with zero attached hydrogens (tertiary/aromatic N) is 2. The van der Waals surface area contributed by atoms with E-state index in [-0.39, 0.29) is 0 Å². The molecular weight excluding hydrogens is 500 g/mol. The second kappa shape index (κ2) is 9.79. The number of pyridine rings is 2. The number of hydrogen-bond acceptors (Lipinski definition) is 2. The summed E-state index contributed by atoms with van der Waals surface area (Å²) < 4.78 is 2.14. The van der Waals surface area contributed by atoms with Gasteiger partial charge in [0.25, 0.3) is 0 Å². The van der Waals surface area contributed by atoms with Crippen LogP contribution in [0.5, 0.6) is 0 Å². The van der Waals surface area contributed by atoms with Gasteiger partial charge in [-0.05, 0) is 58.7 Å². The van der Waals surface area contributed by atoms with Crippen LogP contribution in [0.1, 0.15) is 22.3 Å². The van der Waals surface area contributed by atoms with Crippen molar-refractivity contribution in [2.45, 2.75) is 0 Å². The number of hydrogen-bond donors (Lipinski definition) is 0. The first kappa shape index (κ1) is 20.5. The van der Waals surface area contributed by atoms with E-state index in [0.717, 1.165) is 42.6 Å². The summed E-state index contributed by atoms with van der Waals surface area (Å²) in [5, 5.41) is 0. The molecule has 2 aromatic carbocycles. The molecule has 4 heteroatoms. The molecule has 0 aliphatic heterocycles. The molecule has 0 aliphatic carbocycles. The normalized spacial score (nSPS) is 11.4. The summed E-state index contributed by atoms with van der Waals surface area (Å²) in [4.78, 5) is 9.04. The molecule has 0 spiro atoms. The van der Waals surface area contributed by atoms with Crippen LogP contribution in [0.4, 0.5) is 0 Å². The van der Waals surface area contributed by atoms with Crippen LogP contribution in [0.25, 0.3) is 35.7 Å². The van der Waals surface area contributed by atoms with Crippen molar-refractivity contribution in [1.29, 1.82) is 0 Å². The SMILES string of the molecule is Brc1ccccc1/C=C/c1ccnc(-c2cc(/C=C/c3ccccc3Br)ccn2)c1. The number of benzene rings is 2. The Morgan fingerprint density at radius 2 is 0.967 bits per heavy atom. The van der Waals surface area contributed by atoms with Crippen LogP contribution in [0.15, 0.2) is 94.1 Å². The van der Waals surface area contributed by atoms with Crippen LogP contribution >= 0.6 is 31.9 Å². The van der Waals surface area contributed by atoms with E-state index < -0.39 is 0 Å². The van der Waals surface area contributed by atoms with Crippen LogP contribution in [0.3, 0.4) is 0 Å². The molecule has 0 atom stereocenters. The molecule has 146 valence electrons. The molecule has 30 heavy (non-hydrogen) atoms. The number of rotatable bonds is 5. The maximum Gasteiger partial charge on any atom is 0.0892 e. The van der Waals surface area contributed by atoms with Crippen molar-refractivity contribution in [2.24, 2.45) is 0 Å². The minimum atomic E-state index is 0.848. The first-order chi connectivity index (χ1) is 14.7.